The summed E-state index contributed by atoms with van der Waals surface area (Å²) in [6, 6.07) is 0. The molecule has 1 fully saturated rings. The fraction of sp³-hybridized carbons (Fsp3) is 0.667. The van der Waals surface area contributed by atoms with Crippen LogP contribution < -0.4 is 0 Å². The maximum atomic E-state index is 5.27. The summed E-state index contributed by atoms with van der Waals surface area (Å²) in [6.45, 7) is 3.64. The van der Waals surface area contributed by atoms with E-state index in [4.69, 9.17) is 4.74 Å². The van der Waals surface area contributed by atoms with Gasteiger partial charge in [0.1, 0.15) is 0 Å². The Morgan fingerprint density at radius 2 is 2.00 bits per heavy atom. The zero-order valence-corrected chi connectivity index (χ0v) is 9.91. The van der Waals surface area contributed by atoms with E-state index in [1.807, 2.05) is 25.2 Å². The number of hydrogen-bond acceptors (Lipinski definition) is 3. The van der Waals surface area contributed by atoms with Gasteiger partial charge in [0.05, 0.1) is 0 Å². The molecule has 0 aromatic carbocycles. The first-order valence-corrected chi connectivity index (χ1v) is 5.27. The summed E-state index contributed by atoms with van der Waals surface area (Å²) in [4.78, 5) is 4.32. The van der Waals surface area contributed by atoms with E-state index >= 15 is 0 Å². The van der Waals surface area contributed by atoms with Gasteiger partial charge < -0.3 is 0 Å². The molecule has 3 nitrogen and oxygen atoms in total. The van der Waals surface area contributed by atoms with Crippen LogP contribution in [0.25, 0.3) is 0 Å². The van der Waals surface area contributed by atoms with Crippen LogP contribution >= 0.6 is 0 Å². The monoisotopic (exact) mass is 248 g/mol. The Kier molecular flexibility index (Phi) is 4.49. The van der Waals surface area contributed by atoms with Crippen molar-refractivity contribution in [3.05, 3.63) is 12.3 Å². The van der Waals surface area contributed by atoms with E-state index in [2.05, 4.69) is 26.6 Å². The van der Waals surface area contributed by atoms with Gasteiger partial charge in [0.15, 0.2) is 0 Å². The number of rotatable bonds is 3. The van der Waals surface area contributed by atoms with Crippen LogP contribution in [0.1, 0.15) is 0 Å². The summed E-state index contributed by atoms with van der Waals surface area (Å²) in [7, 11) is 4.03. The summed E-state index contributed by atoms with van der Waals surface area (Å²) in [6.07, 6.45) is 4.13. The van der Waals surface area contributed by atoms with Gasteiger partial charge in [-0.2, -0.15) is 0 Å². The fourth-order valence-electron chi connectivity index (χ4n) is 1.10. The van der Waals surface area contributed by atoms with Gasteiger partial charge >= 0.3 is 87.3 Å². The Bertz CT molecular complexity index is 198. The molecule has 1 aliphatic rings. The van der Waals surface area contributed by atoms with Crippen molar-refractivity contribution in [2.24, 2.45) is 0 Å². The summed E-state index contributed by atoms with van der Waals surface area (Å²) < 4.78 is 6.46. The first-order valence-electron chi connectivity index (χ1n) is 4.41. The van der Waals surface area contributed by atoms with E-state index in [0.29, 0.717) is 0 Å². The molecule has 0 radical (unpaired) electrons. The molecule has 1 heterocycles. The van der Waals surface area contributed by atoms with Crippen LogP contribution in [0.2, 0.25) is 0 Å². The quantitative estimate of drug-likeness (QED) is 0.636. The van der Waals surface area contributed by atoms with Gasteiger partial charge in [0.2, 0.25) is 0 Å². The van der Waals surface area contributed by atoms with Crippen molar-refractivity contribution in [3.8, 4) is 0 Å². The van der Waals surface area contributed by atoms with Crippen LogP contribution in [0, 0.1) is 0 Å². The minimum atomic E-state index is 0.834. The van der Waals surface area contributed by atoms with E-state index in [1.54, 1.807) is 0 Å². The zero-order valence-electron chi connectivity index (χ0n) is 8.19. The Balaban J connectivity index is 2.37. The average Bonchev–Trinajstić information content (AvgIpc) is 2.15. The van der Waals surface area contributed by atoms with E-state index < -0.39 is 0 Å². The van der Waals surface area contributed by atoms with E-state index in [0.717, 1.165) is 26.3 Å². The molecule has 4 heteroatoms. The second-order valence-electron chi connectivity index (χ2n) is 3.22. The Labute approximate surface area is 87.7 Å². The maximum absolute atomic E-state index is 5.27. The molecule has 0 amide bonds. The Morgan fingerprint density at radius 1 is 1.38 bits per heavy atom. The molecule has 0 bridgehead atoms. The molecule has 74 valence electrons. The normalized spacial score (nSPS) is 17.8. The second-order valence-corrected chi connectivity index (χ2v) is 4.09. The molecule has 0 spiro atoms. The molecule has 0 unspecified atom stereocenters. The van der Waals surface area contributed by atoms with Crippen molar-refractivity contribution in [3.63, 3.8) is 0 Å². The molecule has 0 atom stereocenters. The molecule has 1 saturated heterocycles. The van der Waals surface area contributed by atoms with Gasteiger partial charge in [-0.1, -0.05) is 0 Å². The van der Waals surface area contributed by atoms with E-state index in [-0.39, 0.29) is 0 Å². The Morgan fingerprint density at radius 3 is 2.54 bits per heavy atom. The van der Waals surface area contributed by atoms with Crippen molar-refractivity contribution in [2.75, 3.05) is 40.4 Å². The van der Waals surface area contributed by atoms with Gasteiger partial charge in [0.25, 0.3) is 0 Å². The predicted octanol–water partition coefficient (Wildman–Crippen LogP) is -0.308. The fourth-order valence-corrected chi connectivity index (χ4v) is 1.61. The SMILES string of the molecule is CN(C)/C=C/C(=[Se])N1CCOCC1. The third-order valence-corrected chi connectivity index (χ3v) is 2.67. The molecule has 1 rings (SSSR count). The number of nitrogens with zero attached hydrogens (tertiary/aromatic N) is 2. The Hall–Kier alpha value is -0.311. The number of ether oxygens (including phenoxy) is 1. The third kappa shape index (κ3) is 3.94. The van der Waals surface area contributed by atoms with Crippen molar-refractivity contribution in [1.82, 2.24) is 9.80 Å². The van der Waals surface area contributed by atoms with Crippen LogP contribution in [0.3, 0.4) is 0 Å². The molecule has 0 aromatic heterocycles. The van der Waals surface area contributed by atoms with Crippen LogP contribution in [-0.2, 0) is 4.74 Å². The third-order valence-electron chi connectivity index (χ3n) is 1.84. The molecular formula is C9H16N2OSe. The van der Waals surface area contributed by atoms with Crippen LogP contribution in [0.15, 0.2) is 12.3 Å². The van der Waals surface area contributed by atoms with Crippen molar-refractivity contribution >= 4 is 20.1 Å². The van der Waals surface area contributed by atoms with Crippen molar-refractivity contribution in [1.29, 1.82) is 0 Å². The summed E-state index contributed by atoms with van der Waals surface area (Å²) in [5.74, 6) is 0. The molecule has 0 N–H and O–H groups in total. The summed E-state index contributed by atoms with van der Waals surface area (Å²) in [5, 5.41) is 0. The molecular weight excluding hydrogens is 231 g/mol. The first kappa shape index (κ1) is 10.8. The van der Waals surface area contributed by atoms with Crippen molar-refractivity contribution in [2.45, 2.75) is 0 Å². The zero-order chi connectivity index (χ0) is 9.68. The van der Waals surface area contributed by atoms with Crippen LogP contribution in [-0.4, -0.2) is 70.3 Å². The van der Waals surface area contributed by atoms with E-state index in [9.17, 15) is 0 Å². The van der Waals surface area contributed by atoms with E-state index in [1.165, 1.54) is 4.54 Å². The van der Waals surface area contributed by atoms with Gasteiger partial charge in [-0.05, 0) is 0 Å². The van der Waals surface area contributed by atoms with Gasteiger partial charge in [-0.25, -0.2) is 0 Å². The molecule has 0 saturated carbocycles. The van der Waals surface area contributed by atoms with Gasteiger partial charge in [-0.3, -0.25) is 0 Å². The van der Waals surface area contributed by atoms with Crippen molar-refractivity contribution < 1.29 is 4.74 Å². The molecule has 0 aliphatic carbocycles. The molecule has 0 aromatic rings. The topological polar surface area (TPSA) is 15.7 Å². The average molecular weight is 247 g/mol. The standard InChI is InChI=1S/C9H16N2OSe/c1-10(2)4-3-9(13)11-5-7-12-8-6-11/h3-4H,5-8H2,1-2H3/b4-3+. The predicted molar refractivity (Wildman–Crippen MR) is 56.0 cm³/mol. The molecule has 1 aliphatic heterocycles. The number of morpholine rings is 1. The number of hydrogen-bond donors (Lipinski definition) is 0. The second kappa shape index (κ2) is 5.43. The molecule has 13 heavy (non-hydrogen) atoms. The minimum absolute atomic E-state index is 0.834. The van der Waals surface area contributed by atoms with Crippen LogP contribution in [0.5, 0.6) is 0 Å². The van der Waals surface area contributed by atoms with Gasteiger partial charge in [-0.15, -0.1) is 0 Å². The summed E-state index contributed by atoms with van der Waals surface area (Å²) >= 11 is 3.08. The first-order chi connectivity index (χ1) is 6.20. The van der Waals surface area contributed by atoms with Gasteiger partial charge in [0, 0.05) is 0 Å². The van der Waals surface area contributed by atoms with Crippen LogP contribution in [0.4, 0.5) is 0 Å². The summed E-state index contributed by atoms with van der Waals surface area (Å²) in [5.41, 5.74) is 0.